The van der Waals surface area contributed by atoms with Crippen LogP contribution < -0.4 is 5.32 Å². The van der Waals surface area contributed by atoms with Gasteiger partial charge in [-0.05, 0) is 36.4 Å². The molecule has 3 rings (SSSR count). The Hall–Kier alpha value is -2.45. The minimum Gasteiger partial charge on any atom is -0.456 e. The molecule has 0 aliphatic carbocycles. The molecule has 0 bridgehead atoms. The van der Waals surface area contributed by atoms with E-state index in [4.69, 9.17) is 4.74 Å². The second-order valence-electron chi connectivity index (χ2n) is 5.91. The average molecular weight is 449 g/mol. The van der Waals surface area contributed by atoms with Crippen molar-refractivity contribution < 1.29 is 19.1 Å². The largest absolute Gasteiger partial charge is 0.456 e. The van der Waals surface area contributed by atoms with Crippen molar-refractivity contribution in [3.63, 3.8) is 0 Å². The van der Waals surface area contributed by atoms with Crippen LogP contribution in [-0.4, -0.2) is 28.8 Å². The highest BCUT2D eigenvalue weighted by atomic mass is 79.9. The fourth-order valence-electron chi connectivity index (χ4n) is 2.55. The zero-order valence-electron chi connectivity index (χ0n) is 14.5. The third-order valence-electron chi connectivity index (χ3n) is 3.84. The topological polar surface area (TPSA) is 77.4 Å². The van der Waals surface area contributed by atoms with Crippen molar-refractivity contribution in [2.24, 2.45) is 0 Å². The Labute approximate surface area is 168 Å². The number of ketones is 1. The first kappa shape index (κ1) is 19.3. The highest BCUT2D eigenvalue weighted by Gasteiger charge is 2.14. The predicted octanol–water partition coefficient (Wildman–Crippen LogP) is 3.53. The molecular weight excluding hydrogens is 432 g/mol. The van der Waals surface area contributed by atoms with Crippen molar-refractivity contribution in [2.45, 2.75) is 20.0 Å². The summed E-state index contributed by atoms with van der Waals surface area (Å²) in [5.41, 5.74) is 0.919. The Morgan fingerprint density at radius 1 is 1.19 bits per heavy atom. The fraction of sp³-hybridized carbons (Fsp3) is 0.211. The van der Waals surface area contributed by atoms with Crippen LogP contribution >= 0.6 is 27.3 Å². The van der Waals surface area contributed by atoms with E-state index in [2.05, 4.69) is 21.2 Å². The summed E-state index contributed by atoms with van der Waals surface area (Å²) in [6, 6.07) is 11.2. The van der Waals surface area contributed by atoms with E-state index >= 15 is 0 Å². The Kier molecular flexibility index (Phi) is 6.08. The first-order chi connectivity index (χ1) is 12.9. The van der Waals surface area contributed by atoms with E-state index in [9.17, 15) is 14.4 Å². The number of hydrogen-bond donors (Lipinski definition) is 1. The number of carbonyl (C=O) groups is 3. The van der Waals surface area contributed by atoms with Gasteiger partial charge in [0.05, 0.1) is 11.4 Å². The van der Waals surface area contributed by atoms with E-state index in [-0.39, 0.29) is 24.8 Å². The number of ether oxygens (including phenoxy) is 1. The van der Waals surface area contributed by atoms with Crippen LogP contribution in [0.25, 0.3) is 10.9 Å². The molecule has 27 heavy (non-hydrogen) atoms. The molecule has 6 nitrogen and oxygen atoms in total. The molecule has 1 aromatic carbocycles. The molecule has 1 amide bonds. The number of rotatable bonds is 7. The molecule has 0 spiro atoms. The van der Waals surface area contributed by atoms with Crippen LogP contribution in [0, 0.1) is 0 Å². The van der Waals surface area contributed by atoms with Crippen molar-refractivity contribution in [3.8, 4) is 0 Å². The van der Waals surface area contributed by atoms with Gasteiger partial charge in [0.15, 0.2) is 6.61 Å². The van der Waals surface area contributed by atoms with Gasteiger partial charge in [0, 0.05) is 33.4 Å². The molecule has 0 atom stereocenters. The van der Waals surface area contributed by atoms with Crippen molar-refractivity contribution in [1.82, 2.24) is 9.88 Å². The lowest BCUT2D eigenvalue weighted by molar-refractivity contribution is -0.143. The number of carbonyl (C=O) groups excluding carboxylic acids is 3. The lowest BCUT2D eigenvalue weighted by Gasteiger charge is -2.06. The number of aromatic nitrogens is 1. The molecule has 0 radical (unpaired) electrons. The van der Waals surface area contributed by atoms with Gasteiger partial charge in [0.25, 0.3) is 0 Å². The van der Waals surface area contributed by atoms with Gasteiger partial charge in [0.2, 0.25) is 11.7 Å². The molecule has 3 aromatic rings. The summed E-state index contributed by atoms with van der Waals surface area (Å²) in [6.07, 6.45) is 1.81. The number of fused-ring (bicyclic) bond motifs is 1. The molecule has 140 valence electrons. The lowest BCUT2D eigenvalue weighted by Crippen LogP contribution is -2.18. The van der Waals surface area contributed by atoms with Gasteiger partial charge in [-0.3, -0.25) is 14.4 Å². The van der Waals surface area contributed by atoms with Crippen molar-refractivity contribution in [1.29, 1.82) is 0 Å². The summed E-state index contributed by atoms with van der Waals surface area (Å²) in [7, 11) is 0. The van der Waals surface area contributed by atoms with E-state index in [1.807, 2.05) is 30.5 Å². The van der Waals surface area contributed by atoms with Crippen LogP contribution in [0.4, 0.5) is 0 Å². The maximum absolute atomic E-state index is 12.2. The minimum absolute atomic E-state index is 0.0383. The second kappa shape index (κ2) is 8.49. The summed E-state index contributed by atoms with van der Waals surface area (Å²) in [4.78, 5) is 36.6. The van der Waals surface area contributed by atoms with Crippen LogP contribution in [0.1, 0.15) is 21.5 Å². The average Bonchev–Trinajstić information content (AvgIpc) is 3.25. The lowest BCUT2D eigenvalue weighted by atomic mass is 10.2. The molecular formula is C19H17BrN2O4S. The van der Waals surface area contributed by atoms with Gasteiger partial charge in [-0.15, -0.1) is 11.3 Å². The molecule has 2 heterocycles. The maximum atomic E-state index is 12.2. The molecule has 2 aromatic heterocycles. The third-order valence-corrected chi connectivity index (χ3v) is 5.46. The normalized spacial score (nSPS) is 10.7. The van der Waals surface area contributed by atoms with E-state index in [0.717, 1.165) is 20.3 Å². The number of halogens is 1. The number of benzene rings is 1. The number of esters is 1. The van der Waals surface area contributed by atoms with Gasteiger partial charge in [0.1, 0.15) is 6.54 Å². The number of thiophene rings is 1. The molecule has 0 saturated carbocycles. The quantitative estimate of drug-likeness (QED) is 0.442. The van der Waals surface area contributed by atoms with Gasteiger partial charge in [-0.2, -0.15) is 0 Å². The highest BCUT2D eigenvalue weighted by Crippen LogP contribution is 2.21. The second-order valence-corrected chi connectivity index (χ2v) is 7.99. The Balaban J connectivity index is 1.54. The van der Waals surface area contributed by atoms with Gasteiger partial charge < -0.3 is 14.6 Å². The number of nitrogens with zero attached hydrogens (tertiary/aromatic N) is 1. The molecule has 0 saturated heterocycles. The molecule has 0 fully saturated rings. The van der Waals surface area contributed by atoms with E-state index in [1.165, 1.54) is 18.3 Å². The van der Waals surface area contributed by atoms with Crippen LogP contribution in [0.15, 0.2) is 47.1 Å². The number of amides is 1. The fourth-order valence-corrected chi connectivity index (χ4v) is 3.80. The summed E-state index contributed by atoms with van der Waals surface area (Å²) in [6.45, 7) is 1.55. The maximum Gasteiger partial charge on any atom is 0.326 e. The first-order valence-electron chi connectivity index (χ1n) is 8.19. The molecule has 8 heteroatoms. The van der Waals surface area contributed by atoms with Crippen molar-refractivity contribution >= 4 is 55.8 Å². The zero-order chi connectivity index (χ0) is 19.4. The summed E-state index contributed by atoms with van der Waals surface area (Å²) < 4.78 is 7.88. The van der Waals surface area contributed by atoms with Crippen LogP contribution in [0.2, 0.25) is 0 Å². The summed E-state index contributed by atoms with van der Waals surface area (Å²) in [5.74, 6) is -0.863. The van der Waals surface area contributed by atoms with E-state index in [1.54, 1.807) is 16.7 Å². The minimum atomic E-state index is -0.473. The molecule has 1 N–H and O–H groups in total. The third kappa shape index (κ3) is 5.05. The smallest absolute Gasteiger partial charge is 0.326 e. The summed E-state index contributed by atoms with van der Waals surface area (Å²) in [5, 5.41) is 3.69. The Morgan fingerprint density at radius 2 is 2.00 bits per heavy atom. The number of nitrogens with one attached hydrogen (secondary N) is 1. The number of Topliss-reactive ketones (excluding diaryl/α,β-unsaturated/α-hetero) is 1. The van der Waals surface area contributed by atoms with Gasteiger partial charge in [-0.1, -0.05) is 15.9 Å². The Bertz CT molecular complexity index is 1010. The zero-order valence-corrected chi connectivity index (χ0v) is 16.9. The van der Waals surface area contributed by atoms with Crippen LogP contribution in [0.3, 0.4) is 0 Å². The monoisotopic (exact) mass is 448 g/mol. The van der Waals surface area contributed by atoms with Gasteiger partial charge in [-0.25, -0.2) is 0 Å². The Morgan fingerprint density at radius 3 is 2.78 bits per heavy atom. The molecule has 0 aliphatic heterocycles. The number of hydrogen-bond acceptors (Lipinski definition) is 5. The SMILES string of the molecule is CC(=O)NCc1ccc(C(=O)COC(=O)Cn2ccc3cc(Br)ccc32)s1. The predicted molar refractivity (Wildman–Crippen MR) is 107 cm³/mol. The van der Waals surface area contributed by atoms with Crippen molar-refractivity contribution in [3.05, 3.63) is 56.8 Å². The van der Waals surface area contributed by atoms with Crippen molar-refractivity contribution in [2.75, 3.05) is 6.61 Å². The van der Waals surface area contributed by atoms with Crippen LogP contribution in [-0.2, 0) is 27.4 Å². The standard InChI is InChI=1S/C19H17BrN2O4S/c1-12(23)21-9-15-3-5-18(27-15)17(24)11-26-19(25)10-22-7-6-13-8-14(20)2-4-16(13)22/h2-8H,9-11H2,1H3,(H,21,23). The van der Waals surface area contributed by atoms with Crippen LogP contribution in [0.5, 0.6) is 0 Å². The van der Waals surface area contributed by atoms with E-state index < -0.39 is 5.97 Å². The molecule has 0 unspecified atom stereocenters. The molecule has 0 aliphatic rings. The van der Waals surface area contributed by atoms with E-state index in [0.29, 0.717) is 11.4 Å². The van der Waals surface area contributed by atoms with Gasteiger partial charge >= 0.3 is 5.97 Å². The first-order valence-corrected chi connectivity index (χ1v) is 9.79. The highest BCUT2D eigenvalue weighted by molar-refractivity contribution is 9.10. The summed E-state index contributed by atoms with van der Waals surface area (Å²) >= 11 is 4.69.